The topological polar surface area (TPSA) is 77.0 Å². The van der Waals surface area contributed by atoms with E-state index in [1.165, 1.54) is 17.6 Å². The predicted molar refractivity (Wildman–Crippen MR) is 134 cm³/mol. The minimum atomic E-state index is -0.534. The van der Waals surface area contributed by atoms with Gasteiger partial charge >= 0.3 is 5.97 Å². The fourth-order valence-corrected chi connectivity index (χ4v) is 4.50. The summed E-state index contributed by atoms with van der Waals surface area (Å²) in [4.78, 5) is 24.9. The molecule has 4 aromatic rings. The average molecular weight is 544 g/mol. The third-order valence-corrected chi connectivity index (χ3v) is 6.56. The Bertz CT molecular complexity index is 1340. The van der Waals surface area contributed by atoms with E-state index in [1.54, 1.807) is 36.4 Å². The van der Waals surface area contributed by atoms with Crippen LogP contribution >= 0.6 is 38.9 Å². The van der Waals surface area contributed by atoms with Gasteiger partial charge in [-0.15, -0.1) is 11.3 Å². The summed E-state index contributed by atoms with van der Waals surface area (Å²) in [5, 5.41) is 5.12. The molecule has 1 N–H and O–H groups in total. The Hall–Kier alpha value is -3.20. The molecule has 0 radical (unpaired) electrons. The van der Waals surface area contributed by atoms with Gasteiger partial charge in [-0.25, -0.2) is 10.2 Å². The molecule has 9 heteroatoms. The summed E-state index contributed by atoms with van der Waals surface area (Å²) in [7, 11) is 0. The van der Waals surface area contributed by atoms with Gasteiger partial charge in [0.2, 0.25) is 0 Å². The largest absolute Gasteiger partial charge is 0.484 e. The molecule has 166 valence electrons. The number of hydrogen-bond donors (Lipinski definition) is 1. The van der Waals surface area contributed by atoms with Crippen LogP contribution in [0.15, 0.2) is 82.4 Å². The highest BCUT2D eigenvalue weighted by Gasteiger charge is 2.19. The van der Waals surface area contributed by atoms with Gasteiger partial charge < -0.3 is 9.47 Å². The lowest BCUT2D eigenvalue weighted by molar-refractivity contribution is -0.123. The van der Waals surface area contributed by atoms with Crippen LogP contribution in [0.25, 0.3) is 10.1 Å². The molecule has 4 rings (SSSR count). The molecule has 1 heterocycles. The molecule has 6 nitrogen and oxygen atoms in total. The van der Waals surface area contributed by atoms with Crippen LogP contribution in [0.5, 0.6) is 11.5 Å². The number of amides is 1. The second kappa shape index (κ2) is 10.6. The first-order chi connectivity index (χ1) is 16.0. The minimum absolute atomic E-state index is 0.174. The maximum absolute atomic E-state index is 12.6. The summed E-state index contributed by atoms with van der Waals surface area (Å²) < 4.78 is 12.7. The third kappa shape index (κ3) is 5.98. The molecule has 0 saturated heterocycles. The van der Waals surface area contributed by atoms with E-state index in [9.17, 15) is 9.59 Å². The molecule has 0 bridgehead atoms. The standard InChI is InChI=1S/C24H16BrClN2O4S/c25-16-8-10-17(11-9-16)31-14-21(29)28-27-13-15-4-3-5-18(12-15)32-24(30)23-22(26)19-6-1-2-7-20(19)33-23/h1-13H,14H2,(H,28,29)/b27-13+. The molecule has 0 aliphatic heterocycles. The second-order valence-electron chi connectivity index (χ2n) is 6.74. The van der Waals surface area contributed by atoms with Crippen molar-refractivity contribution in [2.45, 2.75) is 0 Å². The number of nitrogens with one attached hydrogen (secondary N) is 1. The lowest BCUT2D eigenvalue weighted by atomic mass is 10.2. The predicted octanol–water partition coefficient (Wildman–Crippen LogP) is 6.07. The summed E-state index contributed by atoms with van der Waals surface area (Å²) in [6.45, 7) is -0.174. The Morgan fingerprint density at radius 3 is 2.61 bits per heavy atom. The molecular weight excluding hydrogens is 528 g/mol. The molecule has 0 aliphatic carbocycles. The molecule has 1 amide bonds. The summed E-state index contributed by atoms with van der Waals surface area (Å²) in [5.74, 6) is -0.0298. The highest BCUT2D eigenvalue weighted by molar-refractivity contribution is 9.10. The van der Waals surface area contributed by atoms with Crippen molar-refractivity contribution in [2.75, 3.05) is 6.61 Å². The van der Waals surface area contributed by atoms with E-state index in [0.29, 0.717) is 27.0 Å². The van der Waals surface area contributed by atoms with Gasteiger partial charge in [-0.2, -0.15) is 5.10 Å². The van der Waals surface area contributed by atoms with Crippen molar-refractivity contribution in [3.05, 3.63) is 92.7 Å². The van der Waals surface area contributed by atoms with Gasteiger partial charge in [-0.3, -0.25) is 4.79 Å². The fraction of sp³-hybridized carbons (Fsp3) is 0.0417. The summed E-state index contributed by atoms with van der Waals surface area (Å²) in [6.07, 6.45) is 1.45. The third-order valence-electron chi connectivity index (χ3n) is 4.38. The van der Waals surface area contributed by atoms with E-state index in [0.717, 1.165) is 14.6 Å². The van der Waals surface area contributed by atoms with Crippen LogP contribution in [0, 0.1) is 0 Å². The smallest absolute Gasteiger partial charge is 0.355 e. The highest BCUT2D eigenvalue weighted by atomic mass is 79.9. The van der Waals surface area contributed by atoms with Crippen LogP contribution in [-0.2, 0) is 4.79 Å². The van der Waals surface area contributed by atoms with E-state index in [4.69, 9.17) is 21.1 Å². The first-order valence-electron chi connectivity index (χ1n) is 9.69. The number of rotatable bonds is 7. The molecule has 3 aromatic carbocycles. The van der Waals surface area contributed by atoms with Gasteiger partial charge in [0.05, 0.1) is 11.2 Å². The van der Waals surface area contributed by atoms with Crippen LogP contribution in [0.2, 0.25) is 5.02 Å². The van der Waals surface area contributed by atoms with Gasteiger partial charge in [-0.05, 0) is 48.0 Å². The zero-order valence-corrected chi connectivity index (χ0v) is 20.1. The lowest BCUT2D eigenvalue weighted by Crippen LogP contribution is -2.24. The number of hydrogen-bond acceptors (Lipinski definition) is 6. The molecule has 0 spiro atoms. The number of halogens is 2. The Morgan fingerprint density at radius 2 is 1.82 bits per heavy atom. The number of fused-ring (bicyclic) bond motifs is 1. The molecule has 33 heavy (non-hydrogen) atoms. The molecule has 0 aliphatic rings. The first kappa shape index (κ1) is 23.0. The number of benzene rings is 3. The molecular formula is C24H16BrClN2O4S. The van der Waals surface area contributed by atoms with Gasteiger partial charge in [0.1, 0.15) is 16.4 Å². The van der Waals surface area contributed by atoms with E-state index in [1.807, 2.05) is 36.4 Å². The normalized spacial score (nSPS) is 11.0. The van der Waals surface area contributed by atoms with Crippen molar-refractivity contribution in [2.24, 2.45) is 5.10 Å². The van der Waals surface area contributed by atoms with Crippen LogP contribution in [0.4, 0.5) is 0 Å². The van der Waals surface area contributed by atoms with Crippen LogP contribution in [0.3, 0.4) is 0 Å². The van der Waals surface area contributed by atoms with Crippen LogP contribution in [0.1, 0.15) is 15.2 Å². The Morgan fingerprint density at radius 1 is 1.03 bits per heavy atom. The van der Waals surface area contributed by atoms with Gasteiger partial charge in [0.25, 0.3) is 5.91 Å². The van der Waals surface area contributed by atoms with Gasteiger partial charge in [0, 0.05) is 14.6 Å². The number of carbonyl (C=O) groups excluding carboxylic acids is 2. The zero-order chi connectivity index (χ0) is 23.2. The Balaban J connectivity index is 1.33. The van der Waals surface area contributed by atoms with Crippen LogP contribution in [-0.4, -0.2) is 24.7 Å². The monoisotopic (exact) mass is 542 g/mol. The second-order valence-corrected chi connectivity index (χ2v) is 9.08. The fourth-order valence-electron chi connectivity index (χ4n) is 2.85. The number of nitrogens with zero attached hydrogens (tertiary/aromatic N) is 1. The van der Waals surface area contributed by atoms with Gasteiger partial charge in [0.15, 0.2) is 6.61 Å². The number of hydrazone groups is 1. The quantitative estimate of drug-likeness (QED) is 0.133. The van der Waals surface area contributed by atoms with E-state index in [2.05, 4.69) is 26.5 Å². The van der Waals surface area contributed by atoms with Gasteiger partial charge in [-0.1, -0.05) is 57.9 Å². The maximum Gasteiger partial charge on any atom is 0.355 e. The van der Waals surface area contributed by atoms with Crippen molar-refractivity contribution in [3.8, 4) is 11.5 Å². The summed E-state index contributed by atoms with van der Waals surface area (Å²) in [6, 6.07) is 21.4. The molecule has 0 fully saturated rings. The number of carbonyl (C=O) groups is 2. The number of esters is 1. The maximum atomic E-state index is 12.6. The molecule has 1 aromatic heterocycles. The van der Waals surface area contributed by atoms with E-state index in [-0.39, 0.29) is 6.61 Å². The highest BCUT2D eigenvalue weighted by Crippen LogP contribution is 2.35. The van der Waals surface area contributed by atoms with Crippen molar-refractivity contribution in [1.29, 1.82) is 0 Å². The van der Waals surface area contributed by atoms with E-state index >= 15 is 0 Å². The van der Waals surface area contributed by atoms with Crippen molar-refractivity contribution >= 4 is 67.0 Å². The van der Waals surface area contributed by atoms with E-state index < -0.39 is 11.9 Å². The SMILES string of the molecule is O=C(COc1ccc(Br)cc1)N/N=C/c1cccc(OC(=O)c2sc3ccccc3c2Cl)c1. The molecule has 0 atom stereocenters. The number of ether oxygens (including phenoxy) is 2. The average Bonchev–Trinajstić information content (AvgIpc) is 3.16. The van der Waals surface area contributed by atoms with Crippen molar-refractivity contribution in [1.82, 2.24) is 5.43 Å². The molecule has 0 unspecified atom stereocenters. The Kier molecular flexibility index (Phi) is 7.39. The van der Waals surface area contributed by atoms with Crippen LogP contribution < -0.4 is 14.9 Å². The lowest BCUT2D eigenvalue weighted by Gasteiger charge is -2.05. The molecule has 0 saturated carbocycles. The van der Waals surface area contributed by atoms with Crippen molar-refractivity contribution in [3.63, 3.8) is 0 Å². The zero-order valence-electron chi connectivity index (χ0n) is 17.0. The Labute approximate surface area is 206 Å². The summed E-state index contributed by atoms with van der Waals surface area (Å²) in [5.41, 5.74) is 3.03. The number of thiophene rings is 1. The first-order valence-corrected chi connectivity index (χ1v) is 11.7. The van der Waals surface area contributed by atoms with Crippen molar-refractivity contribution < 1.29 is 19.1 Å². The summed E-state index contributed by atoms with van der Waals surface area (Å²) >= 11 is 11.0. The minimum Gasteiger partial charge on any atom is -0.484 e.